The van der Waals surface area contributed by atoms with Crippen molar-refractivity contribution in [3.63, 3.8) is 0 Å². The van der Waals surface area contributed by atoms with Gasteiger partial charge in [0.2, 0.25) is 0 Å². The van der Waals surface area contributed by atoms with Crippen molar-refractivity contribution in [2.24, 2.45) is 0 Å². The van der Waals surface area contributed by atoms with Gasteiger partial charge in [0.15, 0.2) is 5.11 Å². The molecular weight excluding hydrogens is 264 g/mol. The molecular formula is C13H18N2O3S. The smallest absolute Gasteiger partial charge is 0.330 e. The van der Waals surface area contributed by atoms with Gasteiger partial charge in [-0.25, -0.2) is 4.79 Å². The Labute approximate surface area is 118 Å². The van der Waals surface area contributed by atoms with Crippen molar-refractivity contribution in [2.45, 2.75) is 19.4 Å². The molecule has 1 aromatic carbocycles. The molecule has 0 bridgehead atoms. The number of hydrogen-bond donors (Lipinski definition) is 2. The van der Waals surface area contributed by atoms with Crippen molar-refractivity contribution in [1.29, 1.82) is 0 Å². The molecule has 0 aliphatic carbocycles. The van der Waals surface area contributed by atoms with E-state index in [1.54, 1.807) is 21.0 Å². The van der Waals surface area contributed by atoms with Crippen LogP contribution in [0, 0.1) is 0 Å². The zero-order valence-corrected chi connectivity index (χ0v) is 12.3. The molecule has 0 amide bonds. The SMILES string of the molecule is COC(=O)C(C)(C)NC(=S)Nc1ccccc1OC. The fourth-order valence-corrected chi connectivity index (χ4v) is 1.86. The highest BCUT2D eigenvalue weighted by Crippen LogP contribution is 2.23. The molecule has 5 nitrogen and oxygen atoms in total. The number of methoxy groups -OCH3 is 2. The molecule has 0 saturated heterocycles. The molecule has 0 fully saturated rings. The van der Waals surface area contributed by atoms with Gasteiger partial charge in [-0.2, -0.15) is 0 Å². The number of para-hydroxylation sites is 2. The summed E-state index contributed by atoms with van der Waals surface area (Å²) in [6.45, 7) is 3.38. The van der Waals surface area contributed by atoms with Crippen LogP contribution in [0.25, 0.3) is 0 Å². The average Bonchev–Trinajstić information content (AvgIpc) is 2.37. The number of rotatable bonds is 4. The summed E-state index contributed by atoms with van der Waals surface area (Å²) in [6.07, 6.45) is 0. The number of benzene rings is 1. The van der Waals surface area contributed by atoms with Gasteiger partial charge in [0.05, 0.1) is 19.9 Å². The Hall–Kier alpha value is -1.82. The molecule has 19 heavy (non-hydrogen) atoms. The fourth-order valence-electron chi connectivity index (χ4n) is 1.49. The minimum atomic E-state index is -0.902. The number of ether oxygens (including phenoxy) is 2. The van der Waals surface area contributed by atoms with Gasteiger partial charge in [0, 0.05) is 0 Å². The molecule has 0 aliphatic heterocycles. The molecule has 104 valence electrons. The fraction of sp³-hybridized carbons (Fsp3) is 0.385. The van der Waals surface area contributed by atoms with Crippen LogP contribution >= 0.6 is 12.2 Å². The third-order valence-electron chi connectivity index (χ3n) is 2.48. The van der Waals surface area contributed by atoms with Crippen LogP contribution in [-0.4, -0.2) is 30.8 Å². The first-order valence-electron chi connectivity index (χ1n) is 5.71. The largest absolute Gasteiger partial charge is 0.495 e. The predicted molar refractivity (Wildman–Crippen MR) is 78.4 cm³/mol. The summed E-state index contributed by atoms with van der Waals surface area (Å²) in [7, 11) is 2.91. The summed E-state index contributed by atoms with van der Waals surface area (Å²) in [5.74, 6) is 0.277. The summed E-state index contributed by atoms with van der Waals surface area (Å²) < 4.78 is 9.90. The average molecular weight is 282 g/mol. The molecule has 1 aromatic rings. The van der Waals surface area contributed by atoms with Crippen molar-refractivity contribution in [2.75, 3.05) is 19.5 Å². The minimum absolute atomic E-state index is 0.319. The van der Waals surface area contributed by atoms with E-state index in [4.69, 9.17) is 21.7 Å². The van der Waals surface area contributed by atoms with Gasteiger partial charge in [0.25, 0.3) is 0 Å². The number of carbonyl (C=O) groups excluding carboxylic acids is 1. The van der Waals surface area contributed by atoms with E-state index in [0.717, 1.165) is 5.69 Å². The molecule has 1 rings (SSSR count). The summed E-state index contributed by atoms with van der Waals surface area (Å²) in [4.78, 5) is 11.5. The van der Waals surface area contributed by atoms with Crippen molar-refractivity contribution >= 4 is 29.0 Å². The Morgan fingerprint density at radius 2 is 1.89 bits per heavy atom. The highest BCUT2D eigenvalue weighted by Gasteiger charge is 2.29. The number of carbonyl (C=O) groups is 1. The number of esters is 1. The number of anilines is 1. The molecule has 2 N–H and O–H groups in total. The Kier molecular flexibility index (Phi) is 5.11. The van der Waals surface area contributed by atoms with Crippen LogP contribution in [0.1, 0.15) is 13.8 Å². The standard InChI is InChI=1S/C13H18N2O3S/c1-13(2,11(16)18-4)15-12(19)14-9-7-5-6-8-10(9)17-3/h5-8H,1-4H3,(H2,14,15,19). The van der Waals surface area contributed by atoms with E-state index in [1.165, 1.54) is 7.11 Å². The molecule has 0 aliphatic rings. The first-order valence-corrected chi connectivity index (χ1v) is 6.12. The topological polar surface area (TPSA) is 59.6 Å². The van der Waals surface area contributed by atoms with E-state index in [-0.39, 0.29) is 0 Å². The van der Waals surface area contributed by atoms with Gasteiger partial charge in [-0.05, 0) is 38.2 Å². The molecule has 0 spiro atoms. The minimum Gasteiger partial charge on any atom is -0.495 e. The van der Waals surface area contributed by atoms with Crippen LogP contribution in [-0.2, 0) is 9.53 Å². The van der Waals surface area contributed by atoms with E-state index in [1.807, 2.05) is 24.3 Å². The number of hydrogen-bond acceptors (Lipinski definition) is 4. The molecule has 0 unspecified atom stereocenters. The zero-order chi connectivity index (χ0) is 14.5. The first-order chi connectivity index (χ1) is 8.90. The van der Waals surface area contributed by atoms with Crippen molar-refractivity contribution in [3.05, 3.63) is 24.3 Å². The van der Waals surface area contributed by atoms with Gasteiger partial charge in [0.1, 0.15) is 11.3 Å². The Morgan fingerprint density at radius 1 is 1.26 bits per heavy atom. The van der Waals surface area contributed by atoms with Gasteiger partial charge in [-0.15, -0.1) is 0 Å². The predicted octanol–water partition coefficient (Wildman–Crippen LogP) is 1.93. The van der Waals surface area contributed by atoms with Crippen molar-refractivity contribution < 1.29 is 14.3 Å². The quantitative estimate of drug-likeness (QED) is 0.650. The van der Waals surface area contributed by atoms with Gasteiger partial charge in [-0.3, -0.25) is 0 Å². The molecule has 0 radical (unpaired) electrons. The second-order valence-corrected chi connectivity index (χ2v) is 4.80. The van der Waals surface area contributed by atoms with Crippen LogP contribution < -0.4 is 15.4 Å². The molecule has 0 heterocycles. The highest BCUT2D eigenvalue weighted by molar-refractivity contribution is 7.80. The lowest BCUT2D eigenvalue weighted by Crippen LogP contribution is -2.51. The lowest BCUT2D eigenvalue weighted by Gasteiger charge is -2.25. The monoisotopic (exact) mass is 282 g/mol. The van der Waals surface area contributed by atoms with Crippen LogP contribution in [0.4, 0.5) is 5.69 Å². The Morgan fingerprint density at radius 3 is 2.47 bits per heavy atom. The lowest BCUT2D eigenvalue weighted by atomic mass is 10.1. The Balaban J connectivity index is 2.73. The maximum absolute atomic E-state index is 11.5. The second kappa shape index (κ2) is 6.38. The van der Waals surface area contributed by atoms with Crippen LogP contribution in [0.3, 0.4) is 0 Å². The number of thiocarbonyl (C=S) groups is 1. The lowest BCUT2D eigenvalue weighted by molar-refractivity contribution is -0.146. The van der Waals surface area contributed by atoms with E-state index >= 15 is 0 Å². The number of nitrogens with one attached hydrogen (secondary N) is 2. The van der Waals surface area contributed by atoms with Crippen molar-refractivity contribution in [1.82, 2.24) is 5.32 Å². The van der Waals surface area contributed by atoms with E-state index < -0.39 is 11.5 Å². The molecule has 0 aromatic heterocycles. The second-order valence-electron chi connectivity index (χ2n) is 4.40. The first kappa shape index (κ1) is 15.2. The molecule has 0 saturated carbocycles. The summed E-state index contributed by atoms with van der Waals surface area (Å²) in [5, 5.41) is 6.20. The van der Waals surface area contributed by atoms with Crippen LogP contribution in [0.15, 0.2) is 24.3 Å². The maximum atomic E-state index is 11.5. The summed E-state index contributed by atoms with van der Waals surface area (Å²) >= 11 is 5.17. The van der Waals surface area contributed by atoms with E-state index in [2.05, 4.69) is 10.6 Å². The third-order valence-corrected chi connectivity index (χ3v) is 2.68. The van der Waals surface area contributed by atoms with Crippen LogP contribution in [0.5, 0.6) is 5.75 Å². The maximum Gasteiger partial charge on any atom is 0.330 e. The Bertz CT molecular complexity index is 475. The summed E-state index contributed by atoms with van der Waals surface area (Å²) in [6, 6.07) is 7.37. The molecule has 0 atom stereocenters. The zero-order valence-electron chi connectivity index (χ0n) is 11.4. The van der Waals surface area contributed by atoms with Crippen LogP contribution in [0.2, 0.25) is 0 Å². The van der Waals surface area contributed by atoms with Gasteiger partial charge < -0.3 is 20.1 Å². The third kappa shape index (κ3) is 4.10. The van der Waals surface area contributed by atoms with E-state index in [0.29, 0.717) is 10.9 Å². The van der Waals surface area contributed by atoms with Gasteiger partial charge >= 0.3 is 5.97 Å². The molecule has 6 heteroatoms. The van der Waals surface area contributed by atoms with E-state index in [9.17, 15) is 4.79 Å². The van der Waals surface area contributed by atoms with Gasteiger partial charge in [-0.1, -0.05) is 12.1 Å². The highest BCUT2D eigenvalue weighted by atomic mass is 32.1. The summed E-state index contributed by atoms with van der Waals surface area (Å²) in [5.41, 5.74) is -0.177. The normalized spacial score (nSPS) is 10.5. The van der Waals surface area contributed by atoms with Crippen molar-refractivity contribution in [3.8, 4) is 5.75 Å².